The fraction of sp³-hybridized carbons (Fsp3) is 0.519. The third-order valence-electron chi connectivity index (χ3n) is 6.60. The molecule has 1 aromatic heterocycles. The summed E-state index contributed by atoms with van der Waals surface area (Å²) in [7, 11) is 0. The van der Waals surface area contributed by atoms with Crippen molar-refractivity contribution in [3.63, 3.8) is 0 Å². The maximum Gasteiger partial charge on any atom is 0.341 e. The van der Waals surface area contributed by atoms with Crippen molar-refractivity contribution in [1.29, 1.82) is 0 Å². The zero-order valence-electron chi connectivity index (χ0n) is 20.3. The molecule has 0 spiro atoms. The molecule has 1 fully saturated rings. The summed E-state index contributed by atoms with van der Waals surface area (Å²) < 4.78 is 5.31. The van der Waals surface area contributed by atoms with Gasteiger partial charge in [-0.15, -0.1) is 23.1 Å². The normalized spacial score (nSPS) is 16.1. The van der Waals surface area contributed by atoms with E-state index in [9.17, 15) is 14.4 Å². The number of esters is 1. The first kappa shape index (κ1) is 25.8. The quantitative estimate of drug-likeness (QED) is 0.240. The SMILES string of the molecule is CCOC(=O)c1c(NC(=O)CSc2cccc(NC(=O)C3CCCCC3)c2)sc2c1CCCCC2. The molecule has 0 bridgehead atoms. The second-order valence-corrected chi connectivity index (χ2v) is 11.3. The molecule has 0 atom stereocenters. The van der Waals surface area contributed by atoms with Crippen LogP contribution in [0.2, 0.25) is 0 Å². The summed E-state index contributed by atoms with van der Waals surface area (Å²) in [4.78, 5) is 40.2. The molecule has 0 radical (unpaired) electrons. The Morgan fingerprint density at radius 1 is 1.03 bits per heavy atom. The van der Waals surface area contributed by atoms with Gasteiger partial charge in [-0.05, 0) is 69.2 Å². The highest BCUT2D eigenvalue weighted by Crippen LogP contribution is 2.38. The molecular weight excluding hydrogens is 480 g/mol. The Bertz CT molecular complexity index is 1060. The maximum absolute atomic E-state index is 12.8. The highest BCUT2D eigenvalue weighted by molar-refractivity contribution is 8.00. The number of carbonyl (C=O) groups excluding carboxylic acids is 3. The lowest BCUT2D eigenvalue weighted by molar-refractivity contribution is -0.120. The number of benzene rings is 1. The van der Waals surface area contributed by atoms with Crippen LogP contribution in [-0.4, -0.2) is 30.1 Å². The number of hydrogen-bond acceptors (Lipinski definition) is 6. The number of rotatable bonds is 8. The fourth-order valence-corrected chi connectivity index (χ4v) is 6.88. The van der Waals surface area contributed by atoms with Crippen molar-refractivity contribution < 1.29 is 19.1 Å². The van der Waals surface area contributed by atoms with Crippen LogP contribution in [0.15, 0.2) is 29.2 Å². The number of fused-ring (bicyclic) bond motifs is 1. The summed E-state index contributed by atoms with van der Waals surface area (Å²) in [6.07, 6.45) is 10.5. The van der Waals surface area contributed by atoms with Crippen molar-refractivity contribution in [3.05, 3.63) is 40.3 Å². The first-order chi connectivity index (χ1) is 17.0. The van der Waals surface area contributed by atoms with Gasteiger partial charge in [0.15, 0.2) is 0 Å². The second kappa shape index (κ2) is 12.6. The number of ether oxygens (including phenoxy) is 1. The molecule has 2 amide bonds. The largest absolute Gasteiger partial charge is 0.462 e. The lowest BCUT2D eigenvalue weighted by Gasteiger charge is -2.20. The van der Waals surface area contributed by atoms with Gasteiger partial charge in [0.05, 0.1) is 17.9 Å². The zero-order chi connectivity index (χ0) is 24.6. The third kappa shape index (κ3) is 6.88. The van der Waals surface area contributed by atoms with Crippen LogP contribution in [0.5, 0.6) is 0 Å². The Balaban J connectivity index is 1.37. The van der Waals surface area contributed by atoms with E-state index >= 15 is 0 Å². The van der Waals surface area contributed by atoms with Crippen LogP contribution in [0.4, 0.5) is 10.7 Å². The van der Waals surface area contributed by atoms with Crippen LogP contribution in [0.25, 0.3) is 0 Å². The minimum atomic E-state index is -0.351. The van der Waals surface area contributed by atoms with Gasteiger partial charge in [-0.1, -0.05) is 31.7 Å². The Hall–Kier alpha value is -2.32. The molecule has 0 saturated heterocycles. The highest BCUT2D eigenvalue weighted by atomic mass is 32.2. The number of thiophene rings is 1. The van der Waals surface area contributed by atoms with Gasteiger partial charge in [-0.3, -0.25) is 9.59 Å². The molecule has 8 heteroatoms. The molecule has 1 saturated carbocycles. The van der Waals surface area contributed by atoms with Crippen LogP contribution in [0.1, 0.15) is 79.1 Å². The molecule has 1 aromatic carbocycles. The average Bonchev–Trinajstić information content (AvgIpc) is 3.03. The van der Waals surface area contributed by atoms with Crippen LogP contribution in [-0.2, 0) is 27.2 Å². The predicted octanol–water partition coefficient (Wildman–Crippen LogP) is 6.44. The Morgan fingerprint density at radius 3 is 2.60 bits per heavy atom. The molecule has 4 rings (SSSR count). The molecule has 2 aliphatic carbocycles. The van der Waals surface area contributed by atoms with Gasteiger partial charge in [0.2, 0.25) is 11.8 Å². The summed E-state index contributed by atoms with van der Waals surface area (Å²) >= 11 is 2.93. The number of carbonyl (C=O) groups is 3. The molecular formula is C27H34N2O4S2. The number of anilines is 2. The van der Waals surface area contributed by atoms with Crippen LogP contribution in [0.3, 0.4) is 0 Å². The van der Waals surface area contributed by atoms with Crippen molar-refractivity contribution in [2.24, 2.45) is 5.92 Å². The van der Waals surface area contributed by atoms with Crippen LogP contribution < -0.4 is 10.6 Å². The first-order valence-corrected chi connectivity index (χ1v) is 14.5. The van der Waals surface area contributed by atoms with Crippen molar-refractivity contribution in [2.45, 2.75) is 76.0 Å². The van der Waals surface area contributed by atoms with E-state index in [4.69, 9.17) is 4.74 Å². The third-order valence-corrected chi connectivity index (χ3v) is 8.80. The predicted molar refractivity (Wildman–Crippen MR) is 143 cm³/mol. The molecule has 0 unspecified atom stereocenters. The maximum atomic E-state index is 12.8. The summed E-state index contributed by atoms with van der Waals surface area (Å²) in [6, 6.07) is 7.63. The summed E-state index contributed by atoms with van der Waals surface area (Å²) in [6.45, 7) is 2.10. The van der Waals surface area contributed by atoms with Gasteiger partial charge in [0.25, 0.3) is 0 Å². The van der Waals surface area contributed by atoms with Gasteiger partial charge in [-0.2, -0.15) is 0 Å². The molecule has 0 aliphatic heterocycles. The van der Waals surface area contributed by atoms with E-state index in [-0.39, 0.29) is 29.5 Å². The van der Waals surface area contributed by atoms with Gasteiger partial charge in [-0.25, -0.2) is 4.79 Å². The van der Waals surface area contributed by atoms with Gasteiger partial charge in [0.1, 0.15) is 5.00 Å². The lowest BCUT2D eigenvalue weighted by Crippen LogP contribution is -2.24. The van der Waals surface area contributed by atoms with Gasteiger partial charge < -0.3 is 15.4 Å². The fourth-order valence-electron chi connectivity index (χ4n) is 4.83. The molecule has 35 heavy (non-hydrogen) atoms. The summed E-state index contributed by atoms with van der Waals surface area (Å²) in [5.41, 5.74) is 2.35. The summed E-state index contributed by atoms with van der Waals surface area (Å²) in [5.74, 6) is -0.107. The van der Waals surface area contributed by atoms with Crippen molar-refractivity contribution in [2.75, 3.05) is 23.0 Å². The Morgan fingerprint density at radius 2 is 1.80 bits per heavy atom. The summed E-state index contributed by atoms with van der Waals surface area (Å²) in [5, 5.41) is 6.62. The lowest BCUT2D eigenvalue weighted by atomic mass is 9.88. The first-order valence-electron chi connectivity index (χ1n) is 12.7. The smallest absolute Gasteiger partial charge is 0.341 e. The number of amides is 2. The van der Waals surface area contributed by atoms with Crippen molar-refractivity contribution in [1.82, 2.24) is 0 Å². The van der Waals surface area contributed by atoms with Crippen LogP contribution >= 0.6 is 23.1 Å². The van der Waals surface area contributed by atoms with E-state index in [1.807, 2.05) is 24.3 Å². The molecule has 2 aliphatic rings. The van der Waals surface area contributed by atoms with E-state index in [2.05, 4.69) is 10.6 Å². The number of hydrogen-bond donors (Lipinski definition) is 2. The molecule has 6 nitrogen and oxygen atoms in total. The molecule has 1 heterocycles. The molecule has 188 valence electrons. The minimum absolute atomic E-state index is 0.0913. The Labute approximate surface area is 215 Å². The van der Waals surface area contributed by atoms with E-state index in [1.54, 1.807) is 6.92 Å². The topological polar surface area (TPSA) is 84.5 Å². The zero-order valence-corrected chi connectivity index (χ0v) is 22.0. The van der Waals surface area contributed by atoms with E-state index in [0.29, 0.717) is 17.2 Å². The highest BCUT2D eigenvalue weighted by Gasteiger charge is 2.26. The van der Waals surface area contributed by atoms with E-state index < -0.39 is 0 Å². The Kier molecular flexibility index (Phi) is 9.26. The van der Waals surface area contributed by atoms with Crippen molar-refractivity contribution >= 4 is 51.6 Å². The van der Waals surface area contributed by atoms with Gasteiger partial charge in [0, 0.05) is 21.4 Å². The van der Waals surface area contributed by atoms with Crippen LogP contribution in [0, 0.1) is 5.92 Å². The standard InChI is InChI=1S/C27H34N2O4S2/c1-2-33-27(32)24-21-14-7-4-8-15-22(21)35-26(24)29-23(30)17-34-20-13-9-12-19(16-20)28-25(31)18-10-5-3-6-11-18/h9,12-13,16,18H,2-8,10-11,14-15,17H2,1H3,(H,28,31)(H,29,30). The molecule has 2 N–H and O–H groups in total. The van der Waals surface area contributed by atoms with E-state index in [0.717, 1.165) is 73.9 Å². The monoisotopic (exact) mass is 514 g/mol. The number of aryl methyl sites for hydroxylation is 1. The van der Waals surface area contributed by atoms with Gasteiger partial charge >= 0.3 is 5.97 Å². The molecule has 2 aromatic rings. The average molecular weight is 515 g/mol. The van der Waals surface area contributed by atoms with E-state index in [1.165, 1.54) is 34.4 Å². The second-order valence-electron chi connectivity index (χ2n) is 9.18. The minimum Gasteiger partial charge on any atom is -0.462 e. The number of thioether (sulfide) groups is 1. The van der Waals surface area contributed by atoms with Crippen molar-refractivity contribution in [3.8, 4) is 0 Å². The number of nitrogens with one attached hydrogen (secondary N) is 2.